The number of nitrogens with one attached hydrogen (secondary N) is 1. The molecule has 1 aromatic rings. The summed E-state index contributed by atoms with van der Waals surface area (Å²) in [5, 5.41) is 11.7. The standard InChI is InChI=1S/C13H19NO3/c1-2-14-12(13(15)16)10-17-9-8-11-6-4-3-5-7-11/h3-7,12,14H,2,8-10H2,1H3,(H,15,16). The molecule has 0 saturated heterocycles. The number of carbonyl (C=O) groups is 1. The molecule has 0 aromatic heterocycles. The molecule has 0 amide bonds. The zero-order valence-electron chi connectivity index (χ0n) is 10.1. The van der Waals surface area contributed by atoms with E-state index in [1.165, 1.54) is 5.56 Å². The third-order valence-electron chi connectivity index (χ3n) is 2.41. The maximum absolute atomic E-state index is 10.8. The summed E-state index contributed by atoms with van der Waals surface area (Å²) >= 11 is 0. The number of likely N-dealkylation sites (N-methyl/N-ethyl adjacent to an activating group) is 1. The van der Waals surface area contributed by atoms with Gasteiger partial charge in [0.15, 0.2) is 0 Å². The van der Waals surface area contributed by atoms with Crippen LogP contribution >= 0.6 is 0 Å². The van der Waals surface area contributed by atoms with Crippen LogP contribution in [0.4, 0.5) is 0 Å². The Labute approximate surface area is 102 Å². The summed E-state index contributed by atoms with van der Waals surface area (Å²) in [7, 11) is 0. The van der Waals surface area contributed by atoms with Gasteiger partial charge in [-0.15, -0.1) is 0 Å². The van der Waals surface area contributed by atoms with Gasteiger partial charge in [0.25, 0.3) is 0 Å². The summed E-state index contributed by atoms with van der Waals surface area (Å²) in [5.41, 5.74) is 1.20. The van der Waals surface area contributed by atoms with Gasteiger partial charge < -0.3 is 15.2 Å². The molecule has 17 heavy (non-hydrogen) atoms. The monoisotopic (exact) mass is 237 g/mol. The van der Waals surface area contributed by atoms with Crippen molar-refractivity contribution in [1.82, 2.24) is 5.32 Å². The van der Waals surface area contributed by atoms with E-state index in [0.717, 1.165) is 6.42 Å². The van der Waals surface area contributed by atoms with Crippen molar-refractivity contribution in [2.24, 2.45) is 0 Å². The first-order chi connectivity index (χ1) is 8.24. The van der Waals surface area contributed by atoms with E-state index in [4.69, 9.17) is 9.84 Å². The van der Waals surface area contributed by atoms with Crippen molar-refractivity contribution in [1.29, 1.82) is 0 Å². The van der Waals surface area contributed by atoms with E-state index in [0.29, 0.717) is 13.2 Å². The quantitative estimate of drug-likeness (QED) is 0.669. The zero-order chi connectivity index (χ0) is 12.5. The van der Waals surface area contributed by atoms with Gasteiger partial charge in [0.1, 0.15) is 6.04 Å². The van der Waals surface area contributed by atoms with Crippen molar-refractivity contribution < 1.29 is 14.6 Å². The smallest absolute Gasteiger partial charge is 0.323 e. The maximum Gasteiger partial charge on any atom is 0.323 e. The lowest BCUT2D eigenvalue weighted by atomic mass is 10.2. The number of ether oxygens (including phenoxy) is 1. The Morgan fingerprint density at radius 3 is 2.71 bits per heavy atom. The Balaban J connectivity index is 2.20. The van der Waals surface area contributed by atoms with Crippen LogP contribution in [0.2, 0.25) is 0 Å². The summed E-state index contributed by atoms with van der Waals surface area (Å²) in [5.74, 6) is -0.869. The van der Waals surface area contributed by atoms with E-state index in [-0.39, 0.29) is 6.61 Å². The molecule has 0 radical (unpaired) electrons. The lowest BCUT2D eigenvalue weighted by molar-refractivity contribution is -0.141. The molecular formula is C13H19NO3. The van der Waals surface area contributed by atoms with Gasteiger partial charge >= 0.3 is 5.97 Å². The van der Waals surface area contributed by atoms with Crippen LogP contribution in [0.3, 0.4) is 0 Å². The highest BCUT2D eigenvalue weighted by atomic mass is 16.5. The number of carboxylic acids is 1. The predicted molar refractivity (Wildman–Crippen MR) is 66.1 cm³/mol. The normalized spacial score (nSPS) is 12.3. The zero-order valence-corrected chi connectivity index (χ0v) is 10.1. The van der Waals surface area contributed by atoms with E-state index >= 15 is 0 Å². The first-order valence-corrected chi connectivity index (χ1v) is 5.82. The molecule has 0 aliphatic rings. The highest BCUT2D eigenvalue weighted by Crippen LogP contribution is 1.99. The van der Waals surface area contributed by atoms with Crippen molar-refractivity contribution in [2.75, 3.05) is 19.8 Å². The number of carboxylic acid groups (broad SMARTS) is 1. The van der Waals surface area contributed by atoms with E-state index in [1.807, 2.05) is 37.3 Å². The van der Waals surface area contributed by atoms with Gasteiger partial charge in [0, 0.05) is 0 Å². The molecule has 0 fully saturated rings. The van der Waals surface area contributed by atoms with Crippen molar-refractivity contribution >= 4 is 5.97 Å². The molecule has 1 aromatic carbocycles. The maximum atomic E-state index is 10.8. The van der Waals surface area contributed by atoms with Crippen LogP contribution in [0, 0.1) is 0 Å². The second-order valence-electron chi connectivity index (χ2n) is 3.76. The number of aliphatic carboxylic acids is 1. The Bertz CT molecular complexity index is 327. The molecule has 4 heteroatoms. The average Bonchev–Trinajstić information content (AvgIpc) is 2.34. The van der Waals surface area contributed by atoms with Gasteiger partial charge in [-0.2, -0.15) is 0 Å². The fourth-order valence-electron chi connectivity index (χ4n) is 1.50. The Hall–Kier alpha value is -1.39. The first-order valence-electron chi connectivity index (χ1n) is 5.82. The van der Waals surface area contributed by atoms with Crippen LogP contribution in [-0.2, 0) is 16.0 Å². The minimum atomic E-state index is -0.869. The summed E-state index contributed by atoms with van der Waals surface area (Å²) in [6.45, 7) is 3.24. The van der Waals surface area contributed by atoms with Crippen molar-refractivity contribution in [3.63, 3.8) is 0 Å². The minimum Gasteiger partial charge on any atom is -0.480 e. The minimum absolute atomic E-state index is 0.204. The van der Waals surface area contributed by atoms with E-state index in [9.17, 15) is 4.79 Å². The molecule has 1 atom stereocenters. The van der Waals surface area contributed by atoms with E-state index in [2.05, 4.69) is 5.32 Å². The molecular weight excluding hydrogens is 218 g/mol. The highest BCUT2D eigenvalue weighted by Gasteiger charge is 2.15. The van der Waals surface area contributed by atoms with Gasteiger partial charge in [0.2, 0.25) is 0 Å². The molecule has 1 rings (SSSR count). The summed E-state index contributed by atoms with van der Waals surface area (Å²) in [4.78, 5) is 10.8. The van der Waals surface area contributed by atoms with Crippen LogP contribution in [0.25, 0.3) is 0 Å². The molecule has 4 nitrogen and oxygen atoms in total. The molecule has 94 valence electrons. The van der Waals surface area contributed by atoms with Crippen LogP contribution in [0.5, 0.6) is 0 Å². The topological polar surface area (TPSA) is 58.6 Å². The van der Waals surface area contributed by atoms with E-state index in [1.54, 1.807) is 0 Å². The molecule has 0 spiro atoms. The van der Waals surface area contributed by atoms with Gasteiger partial charge in [-0.1, -0.05) is 37.3 Å². The van der Waals surface area contributed by atoms with E-state index < -0.39 is 12.0 Å². The third-order valence-corrected chi connectivity index (χ3v) is 2.41. The Morgan fingerprint density at radius 2 is 2.12 bits per heavy atom. The van der Waals surface area contributed by atoms with Gasteiger partial charge in [0.05, 0.1) is 13.2 Å². The lowest BCUT2D eigenvalue weighted by Crippen LogP contribution is -2.40. The molecule has 0 aliphatic carbocycles. The molecule has 0 aliphatic heterocycles. The second kappa shape index (κ2) is 7.81. The van der Waals surface area contributed by atoms with Crippen molar-refractivity contribution in [3.8, 4) is 0 Å². The lowest BCUT2D eigenvalue weighted by Gasteiger charge is -2.13. The average molecular weight is 237 g/mol. The highest BCUT2D eigenvalue weighted by molar-refractivity contribution is 5.73. The number of hydrogen-bond acceptors (Lipinski definition) is 3. The fourth-order valence-corrected chi connectivity index (χ4v) is 1.50. The molecule has 1 unspecified atom stereocenters. The summed E-state index contributed by atoms with van der Waals surface area (Å²) in [6.07, 6.45) is 0.805. The second-order valence-corrected chi connectivity index (χ2v) is 3.76. The Morgan fingerprint density at radius 1 is 1.41 bits per heavy atom. The van der Waals surface area contributed by atoms with Crippen molar-refractivity contribution in [3.05, 3.63) is 35.9 Å². The molecule has 0 heterocycles. The van der Waals surface area contributed by atoms with Crippen LogP contribution in [0.15, 0.2) is 30.3 Å². The number of rotatable bonds is 8. The van der Waals surface area contributed by atoms with Crippen molar-refractivity contribution in [2.45, 2.75) is 19.4 Å². The molecule has 0 saturated carbocycles. The van der Waals surface area contributed by atoms with Crippen LogP contribution in [-0.4, -0.2) is 36.9 Å². The summed E-state index contributed by atoms with van der Waals surface area (Å²) < 4.78 is 5.37. The third kappa shape index (κ3) is 5.47. The molecule has 0 bridgehead atoms. The molecule has 2 N–H and O–H groups in total. The number of hydrogen-bond donors (Lipinski definition) is 2. The SMILES string of the molecule is CCNC(COCCc1ccccc1)C(=O)O. The predicted octanol–water partition coefficient (Wildman–Crippen LogP) is 1.31. The fraction of sp³-hybridized carbons (Fsp3) is 0.462. The van der Waals surface area contributed by atoms with Gasteiger partial charge in [-0.25, -0.2) is 0 Å². The largest absolute Gasteiger partial charge is 0.480 e. The van der Waals surface area contributed by atoms with Crippen LogP contribution in [0.1, 0.15) is 12.5 Å². The number of benzene rings is 1. The van der Waals surface area contributed by atoms with Crippen LogP contribution < -0.4 is 5.32 Å². The summed E-state index contributed by atoms with van der Waals surface area (Å²) in [6, 6.07) is 9.37. The Kier molecular flexibility index (Phi) is 6.29. The van der Waals surface area contributed by atoms with Gasteiger partial charge in [-0.05, 0) is 18.5 Å². The van der Waals surface area contributed by atoms with Gasteiger partial charge in [-0.3, -0.25) is 4.79 Å². The first kappa shape index (κ1) is 13.7.